The molecule has 120 valence electrons. The van der Waals surface area contributed by atoms with Crippen LogP contribution in [0, 0.1) is 12.8 Å². The van der Waals surface area contributed by atoms with Gasteiger partial charge in [0, 0.05) is 32.2 Å². The molecule has 4 rings (SSSR count). The normalized spacial score (nSPS) is 25.1. The minimum absolute atomic E-state index is 0.0692. The summed E-state index contributed by atoms with van der Waals surface area (Å²) in [6, 6.07) is 0.471. The smallest absolute Gasteiger partial charge is 0.259 e. The van der Waals surface area contributed by atoms with Crippen LogP contribution in [0.3, 0.4) is 0 Å². The van der Waals surface area contributed by atoms with Crippen LogP contribution in [0.5, 0.6) is 0 Å². The summed E-state index contributed by atoms with van der Waals surface area (Å²) in [6.45, 7) is 9.84. The van der Waals surface area contributed by atoms with Gasteiger partial charge in [-0.25, -0.2) is 0 Å². The summed E-state index contributed by atoms with van der Waals surface area (Å²) in [7, 11) is 0. The number of nitrogens with zero attached hydrogens (tertiary/aromatic N) is 3. The third-order valence-corrected chi connectivity index (χ3v) is 4.83. The summed E-state index contributed by atoms with van der Waals surface area (Å²) in [5, 5.41) is 3.74. The molecule has 3 fully saturated rings. The average Bonchev–Trinajstić information content (AvgIpc) is 2.72. The van der Waals surface area contributed by atoms with Crippen LogP contribution in [0.25, 0.3) is 0 Å². The van der Waals surface area contributed by atoms with E-state index in [0.717, 1.165) is 26.2 Å². The molecule has 0 radical (unpaired) electrons. The molecular weight excluding hydrogens is 278 g/mol. The van der Waals surface area contributed by atoms with Gasteiger partial charge in [0.2, 0.25) is 0 Å². The SMILES string of the molecule is CC(C)=CCN1C[C@@H]2CC[C@H]1CN(C(=O)c1cnoc1C)C2. The maximum atomic E-state index is 12.7. The van der Waals surface area contributed by atoms with Crippen molar-refractivity contribution < 1.29 is 9.32 Å². The Labute approximate surface area is 131 Å². The minimum atomic E-state index is 0.0692. The van der Waals surface area contributed by atoms with Crippen LogP contribution in [-0.2, 0) is 0 Å². The second-order valence-corrected chi connectivity index (χ2v) is 6.84. The molecule has 0 N–H and O–H groups in total. The summed E-state index contributed by atoms with van der Waals surface area (Å²) < 4.78 is 5.05. The first-order valence-corrected chi connectivity index (χ1v) is 8.12. The molecular formula is C17H25N3O2. The molecule has 1 aromatic heterocycles. The Hall–Kier alpha value is -1.62. The lowest BCUT2D eigenvalue weighted by atomic mass is 9.95. The largest absolute Gasteiger partial charge is 0.361 e. The Balaban J connectivity index is 1.74. The Morgan fingerprint density at radius 1 is 1.36 bits per heavy atom. The van der Waals surface area contributed by atoms with E-state index in [4.69, 9.17) is 4.52 Å². The number of carbonyl (C=O) groups is 1. The third kappa shape index (κ3) is 3.09. The van der Waals surface area contributed by atoms with Crippen LogP contribution in [-0.4, -0.2) is 53.1 Å². The molecule has 0 saturated carbocycles. The Morgan fingerprint density at radius 3 is 2.86 bits per heavy atom. The summed E-state index contributed by atoms with van der Waals surface area (Å²) in [4.78, 5) is 17.3. The zero-order chi connectivity index (χ0) is 15.7. The zero-order valence-corrected chi connectivity index (χ0v) is 13.7. The van der Waals surface area contributed by atoms with Crippen LogP contribution in [0.2, 0.25) is 0 Å². The van der Waals surface area contributed by atoms with Crippen LogP contribution in [0.1, 0.15) is 42.8 Å². The van der Waals surface area contributed by atoms with E-state index in [9.17, 15) is 4.79 Å². The van der Waals surface area contributed by atoms with E-state index in [1.54, 1.807) is 13.1 Å². The van der Waals surface area contributed by atoms with E-state index in [0.29, 0.717) is 23.3 Å². The van der Waals surface area contributed by atoms with Crippen molar-refractivity contribution in [2.75, 3.05) is 26.2 Å². The van der Waals surface area contributed by atoms with Gasteiger partial charge >= 0.3 is 0 Å². The molecule has 0 aliphatic carbocycles. The predicted molar refractivity (Wildman–Crippen MR) is 84.7 cm³/mol. The highest BCUT2D eigenvalue weighted by Crippen LogP contribution is 2.29. The number of hydrogen-bond acceptors (Lipinski definition) is 4. The lowest BCUT2D eigenvalue weighted by Crippen LogP contribution is -2.44. The van der Waals surface area contributed by atoms with Gasteiger partial charge in [0.25, 0.3) is 5.91 Å². The number of fused-ring (bicyclic) bond motifs is 4. The van der Waals surface area contributed by atoms with Gasteiger partial charge in [-0.1, -0.05) is 16.8 Å². The van der Waals surface area contributed by atoms with E-state index < -0.39 is 0 Å². The molecule has 0 aromatic carbocycles. The van der Waals surface area contributed by atoms with Crippen molar-refractivity contribution in [1.29, 1.82) is 0 Å². The Kier molecular flexibility index (Phi) is 4.34. The van der Waals surface area contributed by atoms with E-state index in [2.05, 4.69) is 30.0 Å². The second-order valence-electron chi connectivity index (χ2n) is 6.84. The Morgan fingerprint density at radius 2 is 2.18 bits per heavy atom. The summed E-state index contributed by atoms with van der Waals surface area (Å²) in [5.41, 5.74) is 1.96. The summed E-state index contributed by atoms with van der Waals surface area (Å²) in [6.07, 6.45) is 6.25. The fourth-order valence-corrected chi connectivity index (χ4v) is 3.54. The van der Waals surface area contributed by atoms with Gasteiger partial charge in [0.15, 0.2) is 0 Å². The van der Waals surface area contributed by atoms with Crippen LogP contribution >= 0.6 is 0 Å². The Bertz CT molecular complexity index is 574. The standard InChI is InChI=1S/C17H25N3O2/c1-12(2)6-7-19-9-14-4-5-15(19)11-20(10-14)17(21)16-8-18-22-13(16)3/h6,8,14-15H,4-5,7,9-11H2,1-3H3/t14-,15-/m0/s1. The summed E-state index contributed by atoms with van der Waals surface area (Å²) in [5.74, 6) is 1.26. The number of rotatable bonds is 3. The van der Waals surface area contributed by atoms with Gasteiger partial charge in [0.1, 0.15) is 11.3 Å². The monoisotopic (exact) mass is 303 g/mol. The molecule has 2 bridgehead atoms. The number of amides is 1. The quantitative estimate of drug-likeness (QED) is 0.805. The van der Waals surface area contributed by atoms with Gasteiger partial charge in [-0.05, 0) is 39.5 Å². The van der Waals surface area contributed by atoms with Gasteiger partial charge in [0.05, 0.1) is 6.20 Å². The van der Waals surface area contributed by atoms with E-state index in [-0.39, 0.29) is 5.91 Å². The summed E-state index contributed by atoms with van der Waals surface area (Å²) >= 11 is 0. The molecule has 1 aromatic rings. The molecule has 5 heteroatoms. The molecule has 0 spiro atoms. The maximum Gasteiger partial charge on any atom is 0.259 e. The fraction of sp³-hybridized carbons (Fsp3) is 0.647. The number of aromatic nitrogens is 1. The zero-order valence-electron chi connectivity index (χ0n) is 13.7. The fourth-order valence-electron chi connectivity index (χ4n) is 3.54. The number of allylic oxidation sites excluding steroid dienone is 1. The number of hydrogen-bond donors (Lipinski definition) is 0. The predicted octanol–water partition coefficient (Wildman–Crippen LogP) is 2.49. The highest BCUT2D eigenvalue weighted by atomic mass is 16.5. The molecule has 0 unspecified atom stereocenters. The van der Waals surface area contributed by atoms with Crippen molar-refractivity contribution in [3.63, 3.8) is 0 Å². The minimum Gasteiger partial charge on any atom is -0.361 e. The lowest BCUT2D eigenvalue weighted by molar-refractivity contribution is 0.0738. The van der Waals surface area contributed by atoms with E-state index >= 15 is 0 Å². The molecule has 2 atom stereocenters. The van der Waals surface area contributed by atoms with Crippen molar-refractivity contribution in [3.05, 3.63) is 29.2 Å². The molecule has 3 aliphatic rings. The molecule has 22 heavy (non-hydrogen) atoms. The topological polar surface area (TPSA) is 49.6 Å². The lowest BCUT2D eigenvalue weighted by Gasteiger charge is -2.35. The first-order chi connectivity index (χ1) is 10.5. The molecule has 1 amide bonds. The second kappa shape index (κ2) is 6.24. The molecule has 3 saturated heterocycles. The van der Waals surface area contributed by atoms with Crippen LogP contribution in [0.15, 0.2) is 22.4 Å². The molecule has 4 heterocycles. The van der Waals surface area contributed by atoms with Gasteiger partial charge in [-0.15, -0.1) is 0 Å². The highest BCUT2D eigenvalue weighted by molar-refractivity contribution is 5.94. The van der Waals surface area contributed by atoms with E-state index in [1.165, 1.54) is 18.4 Å². The average molecular weight is 303 g/mol. The first-order valence-electron chi connectivity index (χ1n) is 8.12. The van der Waals surface area contributed by atoms with Crippen LogP contribution < -0.4 is 0 Å². The van der Waals surface area contributed by atoms with Crippen molar-refractivity contribution >= 4 is 5.91 Å². The first kappa shape index (κ1) is 15.3. The van der Waals surface area contributed by atoms with Crippen molar-refractivity contribution in [2.24, 2.45) is 5.92 Å². The third-order valence-electron chi connectivity index (χ3n) is 4.83. The van der Waals surface area contributed by atoms with Crippen molar-refractivity contribution in [2.45, 2.75) is 39.7 Å². The number of carbonyl (C=O) groups excluding carboxylic acids is 1. The maximum absolute atomic E-state index is 12.7. The van der Waals surface area contributed by atoms with Gasteiger partial charge in [-0.2, -0.15) is 0 Å². The molecule has 3 aliphatic heterocycles. The number of aryl methyl sites for hydroxylation is 1. The van der Waals surface area contributed by atoms with Crippen LogP contribution in [0.4, 0.5) is 0 Å². The van der Waals surface area contributed by atoms with Gasteiger partial charge in [-0.3, -0.25) is 9.69 Å². The van der Waals surface area contributed by atoms with Crippen molar-refractivity contribution in [3.8, 4) is 0 Å². The van der Waals surface area contributed by atoms with Gasteiger partial charge < -0.3 is 9.42 Å². The molecule has 5 nitrogen and oxygen atoms in total. The van der Waals surface area contributed by atoms with Crippen molar-refractivity contribution in [1.82, 2.24) is 15.0 Å². The van der Waals surface area contributed by atoms with E-state index in [1.807, 2.05) is 4.90 Å². The highest BCUT2D eigenvalue weighted by Gasteiger charge is 2.36. The number of piperidine rings is 1.